The Morgan fingerprint density at radius 1 is 1.18 bits per heavy atom. The van der Waals surface area contributed by atoms with Crippen molar-refractivity contribution >= 4 is 10.8 Å². The lowest BCUT2D eigenvalue weighted by molar-refractivity contribution is 0.253. The van der Waals surface area contributed by atoms with Gasteiger partial charge in [-0.2, -0.15) is 0 Å². The molecule has 0 atom stereocenters. The number of rotatable bonds is 2. The van der Waals surface area contributed by atoms with E-state index in [0.717, 1.165) is 10.8 Å². The lowest BCUT2D eigenvalue weighted by Crippen LogP contribution is -2.41. The predicted octanol–water partition coefficient (Wildman–Crippen LogP) is 2.93. The molecule has 0 unspecified atom stereocenters. The Kier molecular flexibility index (Phi) is 2.33. The fourth-order valence-corrected chi connectivity index (χ4v) is 2.80. The molecule has 1 aliphatic carbocycles. The Morgan fingerprint density at radius 2 is 2.00 bits per heavy atom. The van der Waals surface area contributed by atoms with Crippen LogP contribution in [-0.2, 0) is 5.41 Å². The Morgan fingerprint density at radius 3 is 2.65 bits per heavy atom. The summed E-state index contributed by atoms with van der Waals surface area (Å²) in [4.78, 5) is 0. The molecule has 0 aromatic heterocycles. The van der Waals surface area contributed by atoms with Gasteiger partial charge in [-0.25, -0.2) is 0 Å². The molecule has 0 radical (unpaired) electrons. The summed E-state index contributed by atoms with van der Waals surface area (Å²) in [5.41, 5.74) is 7.36. The van der Waals surface area contributed by atoms with Gasteiger partial charge in [0.1, 0.15) is 5.75 Å². The molecule has 2 nitrogen and oxygen atoms in total. The van der Waals surface area contributed by atoms with Crippen LogP contribution in [0.15, 0.2) is 36.4 Å². The highest BCUT2D eigenvalue weighted by atomic mass is 16.3. The van der Waals surface area contributed by atoms with Gasteiger partial charge in [-0.15, -0.1) is 0 Å². The molecular weight excluding hydrogens is 210 g/mol. The third kappa shape index (κ3) is 1.52. The van der Waals surface area contributed by atoms with Gasteiger partial charge in [-0.3, -0.25) is 0 Å². The smallest absolute Gasteiger partial charge is 0.123 e. The monoisotopic (exact) mass is 227 g/mol. The first-order chi connectivity index (χ1) is 8.25. The Labute approximate surface area is 101 Å². The van der Waals surface area contributed by atoms with Crippen LogP contribution >= 0.6 is 0 Å². The van der Waals surface area contributed by atoms with Gasteiger partial charge in [0.15, 0.2) is 0 Å². The van der Waals surface area contributed by atoms with Crippen molar-refractivity contribution in [2.75, 3.05) is 6.54 Å². The largest absolute Gasteiger partial charge is 0.507 e. The second kappa shape index (κ2) is 3.74. The average Bonchev–Trinajstić information content (AvgIpc) is 2.29. The highest BCUT2D eigenvalue weighted by Gasteiger charge is 2.37. The van der Waals surface area contributed by atoms with E-state index >= 15 is 0 Å². The maximum Gasteiger partial charge on any atom is 0.123 e. The van der Waals surface area contributed by atoms with E-state index in [1.165, 1.54) is 24.8 Å². The van der Waals surface area contributed by atoms with Crippen molar-refractivity contribution in [1.29, 1.82) is 0 Å². The average molecular weight is 227 g/mol. The summed E-state index contributed by atoms with van der Waals surface area (Å²) in [7, 11) is 0. The summed E-state index contributed by atoms with van der Waals surface area (Å²) in [5.74, 6) is 0.357. The second-order valence-corrected chi connectivity index (χ2v) is 5.05. The summed E-state index contributed by atoms with van der Waals surface area (Å²) in [5, 5.41) is 11.9. The van der Waals surface area contributed by atoms with E-state index < -0.39 is 0 Å². The van der Waals surface area contributed by atoms with Gasteiger partial charge < -0.3 is 10.8 Å². The van der Waals surface area contributed by atoms with Gasteiger partial charge in [0.25, 0.3) is 0 Å². The molecule has 2 aromatic carbocycles. The molecule has 2 heteroatoms. The van der Waals surface area contributed by atoms with Crippen LogP contribution in [0.2, 0.25) is 0 Å². The molecule has 0 bridgehead atoms. The molecule has 0 amide bonds. The Hall–Kier alpha value is -1.54. The number of nitrogens with two attached hydrogens (primary N) is 1. The fraction of sp³-hybridized carbons (Fsp3) is 0.333. The van der Waals surface area contributed by atoms with Crippen LogP contribution in [0.5, 0.6) is 5.75 Å². The zero-order chi connectivity index (χ0) is 11.9. The molecule has 0 saturated heterocycles. The molecule has 1 saturated carbocycles. The lowest BCUT2D eigenvalue weighted by atomic mass is 9.64. The summed E-state index contributed by atoms with van der Waals surface area (Å²) in [6.07, 6.45) is 3.60. The molecule has 3 rings (SSSR count). The van der Waals surface area contributed by atoms with Crippen LogP contribution in [0.1, 0.15) is 24.8 Å². The van der Waals surface area contributed by atoms with Crippen LogP contribution in [0.25, 0.3) is 10.8 Å². The molecule has 0 aliphatic heterocycles. The number of phenols is 1. The maximum atomic E-state index is 9.89. The van der Waals surface area contributed by atoms with Crippen molar-refractivity contribution < 1.29 is 5.11 Å². The van der Waals surface area contributed by atoms with E-state index in [1.54, 1.807) is 6.07 Å². The van der Waals surface area contributed by atoms with Crippen LogP contribution in [0.3, 0.4) is 0 Å². The Balaban J connectivity index is 2.16. The van der Waals surface area contributed by atoms with Gasteiger partial charge in [-0.05, 0) is 35.9 Å². The number of benzene rings is 2. The summed E-state index contributed by atoms with van der Waals surface area (Å²) >= 11 is 0. The number of phenolic OH excluding ortho intramolecular Hbond substituents is 1. The number of aromatic hydroxyl groups is 1. The van der Waals surface area contributed by atoms with Crippen molar-refractivity contribution in [2.24, 2.45) is 5.73 Å². The fourth-order valence-electron chi connectivity index (χ4n) is 2.80. The normalized spacial score (nSPS) is 17.9. The lowest BCUT2D eigenvalue weighted by Gasteiger charge is -2.41. The second-order valence-electron chi connectivity index (χ2n) is 5.05. The van der Waals surface area contributed by atoms with Crippen molar-refractivity contribution in [3.05, 3.63) is 42.0 Å². The van der Waals surface area contributed by atoms with Crippen molar-refractivity contribution in [1.82, 2.24) is 0 Å². The maximum absolute atomic E-state index is 9.89. The number of hydrogen-bond donors (Lipinski definition) is 2. The first-order valence-electron chi connectivity index (χ1n) is 6.17. The molecule has 3 N–H and O–H groups in total. The SMILES string of the molecule is NCC1(c2ccc3cccc(O)c3c2)CCC1. The third-order valence-corrected chi connectivity index (χ3v) is 4.17. The van der Waals surface area contributed by atoms with Crippen molar-refractivity contribution in [2.45, 2.75) is 24.7 Å². The number of hydrogen-bond acceptors (Lipinski definition) is 2. The molecular formula is C15H17NO. The van der Waals surface area contributed by atoms with Crippen LogP contribution < -0.4 is 5.73 Å². The minimum Gasteiger partial charge on any atom is -0.507 e. The summed E-state index contributed by atoms with van der Waals surface area (Å²) in [6, 6.07) is 12.0. The van der Waals surface area contributed by atoms with Crippen LogP contribution in [0, 0.1) is 0 Å². The van der Waals surface area contributed by atoms with Gasteiger partial charge in [0.05, 0.1) is 0 Å². The highest BCUT2D eigenvalue weighted by molar-refractivity contribution is 5.88. The van der Waals surface area contributed by atoms with Crippen molar-refractivity contribution in [3.63, 3.8) is 0 Å². The van der Waals surface area contributed by atoms with Crippen LogP contribution in [-0.4, -0.2) is 11.7 Å². The zero-order valence-electron chi connectivity index (χ0n) is 9.82. The van der Waals surface area contributed by atoms with Crippen molar-refractivity contribution in [3.8, 4) is 5.75 Å². The third-order valence-electron chi connectivity index (χ3n) is 4.17. The van der Waals surface area contributed by atoms with E-state index in [4.69, 9.17) is 5.73 Å². The Bertz CT molecular complexity index is 552. The minimum atomic E-state index is 0.163. The zero-order valence-corrected chi connectivity index (χ0v) is 9.82. The highest BCUT2D eigenvalue weighted by Crippen LogP contribution is 2.44. The van der Waals surface area contributed by atoms with E-state index in [2.05, 4.69) is 18.2 Å². The number of fused-ring (bicyclic) bond motifs is 1. The van der Waals surface area contributed by atoms with Gasteiger partial charge in [0, 0.05) is 17.3 Å². The molecule has 0 heterocycles. The molecule has 88 valence electrons. The molecule has 0 spiro atoms. The van der Waals surface area contributed by atoms with E-state index in [0.29, 0.717) is 12.3 Å². The first-order valence-corrected chi connectivity index (χ1v) is 6.17. The molecule has 1 fully saturated rings. The molecule has 2 aromatic rings. The molecule has 1 aliphatic rings. The van der Waals surface area contributed by atoms with Gasteiger partial charge >= 0.3 is 0 Å². The molecule has 17 heavy (non-hydrogen) atoms. The summed E-state index contributed by atoms with van der Waals surface area (Å²) < 4.78 is 0. The van der Waals surface area contributed by atoms with Gasteiger partial charge in [-0.1, -0.05) is 30.7 Å². The quantitative estimate of drug-likeness (QED) is 0.828. The van der Waals surface area contributed by atoms with Crippen LogP contribution in [0.4, 0.5) is 0 Å². The van der Waals surface area contributed by atoms with Gasteiger partial charge in [0.2, 0.25) is 0 Å². The first kappa shape index (κ1) is 10.6. The summed E-state index contributed by atoms with van der Waals surface area (Å²) in [6.45, 7) is 0.700. The van der Waals surface area contributed by atoms with E-state index in [-0.39, 0.29) is 5.41 Å². The predicted molar refractivity (Wildman–Crippen MR) is 70.2 cm³/mol. The minimum absolute atomic E-state index is 0.163. The standard InChI is InChI=1S/C15H17NO/c16-10-15(7-2-8-15)12-6-5-11-3-1-4-14(17)13(11)9-12/h1,3-6,9,17H,2,7-8,10,16H2. The van der Waals surface area contributed by atoms with E-state index in [1.807, 2.05) is 12.1 Å². The van der Waals surface area contributed by atoms with E-state index in [9.17, 15) is 5.11 Å². The topological polar surface area (TPSA) is 46.2 Å².